The zero-order valence-electron chi connectivity index (χ0n) is 26.9. The van der Waals surface area contributed by atoms with E-state index in [1.165, 1.54) is 28.5 Å². The van der Waals surface area contributed by atoms with E-state index in [1.807, 2.05) is 78.3 Å². The fraction of sp³-hybridized carbons (Fsp3) is 0.429. The number of carbonyl (C=O) groups is 2. The number of amides is 3. The summed E-state index contributed by atoms with van der Waals surface area (Å²) < 4.78 is 12.8. The molecule has 2 aromatic carbocycles. The standard InChI is InChI=1S/C21H29N3O.C12H15FN2O.C2H6/c1-6-18-19(13-22-20(18)7-2)15(3)11-21(25)23-17-10-8-9-16(12-17)14-24(4)5;13-11-3-1-9(2-4-11)10-5-7-15(8-6-10)12(14)16;1-2/h6-10,12-13,15,22H,11,14H2,1-5H3,(H,23,25);1-4,10H,5-8H2,(H2,14,16);1-2H3/b18-6-,20-7+;;. The Morgan fingerprint density at radius 3 is 2.30 bits per heavy atom. The van der Waals surface area contributed by atoms with Crippen molar-refractivity contribution in [2.75, 3.05) is 32.5 Å². The molecule has 1 atom stereocenters. The average Bonchev–Trinajstić information content (AvgIpc) is 3.42. The lowest BCUT2D eigenvalue weighted by Gasteiger charge is -2.30. The molecule has 4 rings (SSSR count). The molecular weight excluding hydrogens is 541 g/mol. The van der Waals surface area contributed by atoms with Gasteiger partial charge in [0.15, 0.2) is 0 Å². The molecule has 1 aliphatic heterocycles. The van der Waals surface area contributed by atoms with E-state index in [0.717, 1.165) is 36.0 Å². The van der Waals surface area contributed by atoms with Gasteiger partial charge in [-0.15, -0.1) is 0 Å². The molecule has 7 nitrogen and oxygen atoms in total. The minimum Gasteiger partial charge on any atom is -0.361 e. The third-order valence-corrected chi connectivity index (χ3v) is 7.44. The van der Waals surface area contributed by atoms with E-state index in [1.54, 1.807) is 4.90 Å². The number of aromatic nitrogens is 1. The molecule has 0 bridgehead atoms. The molecule has 1 saturated heterocycles. The van der Waals surface area contributed by atoms with Gasteiger partial charge in [-0.1, -0.05) is 57.2 Å². The number of anilines is 1. The predicted octanol–water partition coefficient (Wildman–Crippen LogP) is 5.92. The number of H-pyrrole nitrogens is 1. The number of nitrogens with one attached hydrogen (secondary N) is 2. The number of hydrogen-bond acceptors (Lipinski definition) is 3. The van der Waals surface area contributed by atoms with Crippen LogP contribution in [0, 0.1) is 5.82 Å². The molecule has 0 aliphatic carbocycles. The van der Waals surface area contributed by atoms with Crippen molar-refractivity contribution in [1.29, 1.82) is 0 Å². The van der Waals surface area contributed by atoms with E-state index in [2.05, 4.69) is 40.3 Å². The summed E-state index contributed by atoms with van der Waals surface area (Å²) in [6.45, 7) is 12.4. The lowest BCUT2D eigenvalue weighted by atomic mass is 9.89. The van der Waals surface area contributed by atoms with Gasteiger partial charge < -0.3 is 25.8 Å². The molecule has 4 N–H and O–H groups in total. The minimum atomic E-state index is -0.349. The van der Waals surface area contributed by atoms with E-state index in [-0.39, 0.29) is 23.7 Å². The summed E-state index contributed by atoms with van der Waals surface area (Å²) in [4.78, 5) is 30.4. The van der Waals surface area contributed by atoms with Crippen molar-refractivity contribution in [2.45, 2.75) is 72.3 Å². The first-order valence-electron chi connectivity index (χ1n) is 15.2. The van der Waals surface area contributed by atoms with E-state index in [4.69, 9.17) is 5.73 Å². The van der Waals surface area contributed by atoms with Crippen LogP contribution in [0.1, 0.15) is 82.4 Å². The highest BCUT2D eigenvalue weighted by atomic mass is 19.1. The van der Waals surface area contributed by atoms with Gasteiger partial charge in [0.2, 0.25) is 5.91 Å². The number of urea groups is 1. The van der Waals surface area contributed by atoms with Gasteiger partial charge in [0, 0.05) is 43.3 Å². The fourth-order valence-electron chi connectivity index (χ4n) is 5.32. The third kappa shape index (κ3) is 11.0. The number of nitrogens with two attached hydrogens (primary N) is 1. The van der Waals surface area contributed by atoms with Crippen LogP contribution in [0.4, 0.5) is 14.9 Å². The molecule has 1 aliphatic rings. The third-order valence-electron chi connectivity index (χ3n) is 7.44. The number of benzene rings is 2. The van der Waals surface area contributed by atoms with Gasteiger partial charge in [-0.2, -0.15) is 0 Å². The maximum atomic E-state index is 12.8. The SMILES string of the molecule is C/C=c1/c(C(C)CC(=O)Nc2cccc(CN(C)C)c2)c[nH]/c1=C/C.CC.NC(=O)N1CCC(c2ccc(F)cc2)CC1. The van der Waals surface area contributed by atoms with Gasteiger partial charge in [0.25, 0.3) is 0 Å². The summed E-state index contributed by atoms with van der Waals surface area (Å²) in [7, 11) is 4.07. The number of hydrogen-bond donors (Lipinski definition) is 3. The first kappa shape index (κ1) is 35.3. The molecule has 3 amide bonds. The molecule has 43 heavy (non-hydrogen) atoms. The summed E-state index contributed by atoms with van der Waals surface area (Å²) in [5, 5.41) is 5.33. The summed E-state index contributed by atoms with van der Waals surface area (Å²) in [5.74, 6) is 0.399. The number of primary amides is 1. The van der Waals surface area contributed by atoms with E-state index < -0.39 is 0 Å². The molecule has 2 heterocycles. The molecule has 1 unspecified atom stereocenters. The maximum absolute atomic E-state index is 12.8. The Morgan fingerprint density at radius 1 is 1.09 bits per heavy atom. The monoisotopic (exact) mass is 591 g/mol. The largest absolute Gasteiger partial charge is 0.361 e. The Bertz CT molecular complexity index is 1410. The zero-order valence-corrected chi connectivity index (χ0v) is 26.9. The normalized spacial score (nSPS) is 14.9. The average molecular weight is 592 g/mol. The number of aromatic amines is 1. The highest BCUT2D eigenvalue weighted by Gasteiger charge is 2.22. The molecule has 1 fully saturated rings. The number of likely N-dealkylation sites (tertiary alicyclic amines) is 1. The lowest BCUT2D eigenvalue weighted by Crippen LogP contribution is -2.41. The van der Waals surface area contributed by atoms with Crippen LogP contribution >= 0.6 is 0 Å². The van der Waals surface area contributed by atoms with Crippen LogP contribution in [0.5, 0.6) is 0 Å². The van der Waals surface area contributed by atoms with Crippen LogP contribution < -0.4 is 21.6 Å². The van der Waals surface area contributed by atoms with E-state index in [0.29, 0.717) is 25.4 Å². The Morgan fingerprint density at radius 2 is 1.74 bits per heavy atom. The van der Waals surface area contributed by atoms with Crippen LogP contribution in [0.25, 0.3) is 12.2 Å². The number of rotatable bonds is 7. The maximum Gasteiger partial charge on any atom is 0.314 e. The fourth-order valence-corrected chi connectivity index (χ4v) is 5.32. The second-order valence-corrected chi connectivity index (χ2v) is 10.9. The summed E-state index contributed by atoms with van der Waals surface area (Å²) in [5.41, 5.74) is 9.58. The van der Waals surface area contributed by atoms with Crippen molar-refractivity contribution in [1.82, 2.24) is 14.8 Å². The molecule has 0 saturated carbocycles. The van der Waals surface area contributed by atoms with Crippen molar-refractivity contribution in [2.24, 2.45) is 5.73 Å². The summed E-state index contributed by atoms with van der Waals surface area (Å²) in [6, 6.07) is 14.3. The van der Waals surface area contributed by atoms with Crippen molar-refractivity contribution in [3.63, 3.8) is 0 Å². The Labute approximate surface area is 256 Å². The van der Waals surface area contributed by atoms with Gasteiger partial charge in [-0.3, -0.25) is 4.79 Å². The minimum absolute atomic E-state index is 0.0415. The van der Waals surface area contributed by atoms with Crippen LogP contribution in [-0.4, -0.2) is 53.9 Å². The lowest BCUT2D eigenvalue weighted by molar-refractivity contribution is -0.116. The number of piperidine rings is 1. The zero-order chi connectivity index (χ0) is 31.9. The summed E-state index contributed by atoms with van der Waals surface area (Å²) in [6.07, 6.45) is 8.42. The van der Waals surface area contributed by atoms with Gasteiger partial charge in [0.05, 0.1) is 0 Å². The van der Waals surface area contributed by atoms with E-state index in [9.17, 15) is 14.0 Å². The van der Waals surface area contributed by atoms with Crippen molar-refractivity contribution < 1.29 is 14.0 Å². The van der Waals surface area contributed by atoms with Crippen LogP contribution in [0.2, 0.25) is 0 Å². The molecule has 1 aromatic heterocycles. The van der Waals surface area contributed by atoms with E-state index >= 15 is 0 Å². The van der Waals surface area contributed by atoms with Gasteiger partial charge >= 0.3 is 6.03 Å². The van der Waals surface area contributed by atoms with Crippen LogP contribution in [0.15, 0.2) is 54.7 Å². The second-order valence-electron chi connectivity index (χ2n) is 10.9. The molecule has 0 radical (unpaired) electrons. The number of nitrogens with zero attached hydrogens (tertiary/aromatic N) is 2. The smallest absolute Gasteiger partial charge is 0.314 e. The van der Waals surface area contributed by atoms with Crippen molar-refractivity contribution in [3.8, 4) is 0 Å². The van der Waals surface area contributed by atoms with Crippen LogP contribution in [-0.2, 0) is 11.3 Å². The second kappa shape index (κ2) is 17.9. The van der Waals surface area contributed by atoms with Gasteiger partial charge in [0.1, 0.15) is 5.82 Å². The molecular formula is C35H50FN5O2. The molecule has 3 aromatic rings. The highest BCUT2D eigenvalue weighted by Crippen LogP contribution is 2.27. The first-order chi connectivity index (χ1) is 20.6. The topological polar surface area (TPSA) is 94.5 Å². The van der Waals surface area contributed by atoms with Gasteiger partial charge in [-0.05, 0) is 98.8 Å². The quantitative estimate of drug-likeness (QED) is 0.318. The van der Waals surface area contributed by atoms with Crippen molar-refractivity contribution in [3.05, 3.63) is 87.8 Å². The molecule has 0 spiro atoms. The predicted molar refractivity (Wildman–Crippen MR) is 177 cm³/mol. The van der Waals surface area contributed by atoms with Crippen LogP contribution in [0.3, 0.4) is 0 Å². The summed E-state index contributed by atoms with van der Waals surface area (Å²) >= 11 is 0. The first-order valence-corrected chi connectivity index (χ1v) is 15.2. The van der Waals surface area contributed by atoms with Crippen molar-refractivity contribution >= 4 is 29.8 Å². The highest BCUT2D eigenvalue weighted by molar-refractivity contribution is 5.91. The van der Waals surface area contributed by atoms with Gasteiger partial charge in [-0.25, -0.2) is 9.18 Å². The number of halogens is 1. The Hall–Kier alpha value is -3.91. The Kier molecular flexibility index (Phi) is 14.7. The molecule has 234 valence electrons. The molecule has 8 heteroatoms. The Balaban J connectivity index is 0.000000308. The number of carbonyl (C=O) groups excluding carboxylic acids is 2.